The fourth-order valence-electron chi connectivity index (χ4n) is 1.47. The van der Waals surface area contributed by atoms with E-state index < -0.39 is 0 Å². The number of nitrogens with one attached hydrogen (secondary N) is 1. The van der Waals surface area contributed by atoms with Gasteiger partial charge in [-0.3, -0.25) is 0 Å². The molecule has 78 valence electrons. The second-order valence-corrected chi connectivity index (χ2v) is 4.54. The Morgan fingerprint density at radius 1 is 1.54 bits per heavy atom. The third kappa shape index (κ3) is 4.07. The molecule has 3 heteroatoms. The van der Waals surface area contributed by atoms with Gasteiger partial charge in [0.05, 0.1) is 5.60 Å². The standard InChI is InChI=1S/C10H22N2O/c1-10(2,13-3)6-9(7-11)12-8-4-5-8/h8-9,12H,4-7,11H2,1-3H3. The van der Waals surface area contributed by atoms with Gasteiger partial charge in [-0.1, -0.05) is 0 Å². The molecule has 0 spiro atoms. The maximum atomic E-state index is 5.69. The highest BCUT2D eigenvalue weighted by molar-refractivity contribution is 4.88. The molecule has 0 radical (unpaired) electrons. The summed E-state index contributed by atoms with van der Waals surface area (Å²) in [7, 11) is 1.75. The van der Waals surface area contributed by atoms with Crippen LogP contribution >= 0.6 is 0 Å². The molecular weight excluding hydrogens is 164 g/mol. The van der Waals surface area contributed by atoms with E-state index >= 15 is 0 Å². The summed E-state index contributed by atoms with van der Waals surface area (Å²) < 4.78 is 5.38. The molecule has 0 aromatic rings. The van der Waals surface area contributed by atoms with Crippen LogP contribution < -0.4 is 11.1 Å². The molecule has 0 amide bonds. The minimum Gasteiger partial charge on any atom is -0.379 e. The van der Waals surface area contributed by atoms with E-state index in [4.69, 9.17) is 10.5 Å². The van der Waals surface area contributed by atoms with Gasteiger partial charge in [-0.25, -0.2) is 0 Å². The van der Waals surface area contributed by atoms with Crippen LogP contribution in [-0.4, -0.2) is 31.3 Å². The molecule has 0 saturated heterocycles. The Labute approximate surface area is 81.0 Å². The average Bonchev–Trinajstić information content (AvgIpc) is 2.87. The van der Waals surface area contributed by atoms with Gasteiger partial charge in [-0.15, -0.1) is 0 Å². The van der Waals surface area contributed by atoms with Crippen molar-refractivity contribution in [2.45, 2.75) is 50.8 Å². The van der Waals surface area contributed by atoms with Gasteiger partial charge in [0.2, 0.25) is 0 Å². The summed E-state index contributed by atoms with van der Waals surface area (Å²) in [5, 5.41) is 3.53. The monoisotopic (exact) mass is 186 g/mol. The summed E-state index contributed by atoms with van der Waals surface area (Å²) in [4.78, 5) is 0. The first-order valence-electron chi connectivity index (χ1n) is 5.08. The van der Waals surface area contributed by atoms with E-state index in [9.17, 15) is 0 Å². The van der Waals surface area contributed by atoms with E-state index in [1.54, 1.807) is 7.11 Å². The van der Waals surface area contributed by atoms with Crippen molar-refractivity contribution in [3.63, 3.8) is 0 Å². The van der Waals surface area contributed by atoms with Crippen LogP contribution in [0.25, 0.3) is 0 Å². The first kappa shape index (κ1) is 11.0. The van der Waals surface area contributed by atoms with E-state index in [0.29, 0.717) is 12.6 Å². The smallest absolute Gasteiger partial charge is 0.0638 e. The van der Waals surface area contributed by atoms with Crippen LogP contribution in [0.1, 0.15) is 33.1 Å². The van der Waals surface area contributed by atoms with Crippen molar-refractivity contribution >= 4 is 0 Å². The molecule has 1 aliphatic rings. The predicted octanol–water partition coefficient (Wildman–Crippen LogP) is 0.881. The van der Waals surface area contributed by atoms with Crippen molar-refractivity contribution in [2.24, 2.45) is 5.73 Å². The molecule has 3 nitrogen and oxygen atoms in total. The highest BCUT2D eigenvalue weighted by Gasteiger charge is 2.27. The summed E-state index contributed by atoms with van der Waals surface area (Å²) >= 11 is 0. The maximum Gasteiger partial charge on any atom is 0.0638 e. The zero-order chi connectivity index (χ0) is 9.90. The van der Waals surface area contributed by atoms with Crippen LogP contribution in [0.4, 0.5) is 0 Å². The lowest BCUT2D eigenvalue weighted by molar-refractivity contribution is 0.00765. The minimum atomic E-state index is -0.0636. The molecule has 0 aromatic heterocycles. The zero-order valence-electron chi connectivity index (χ0n) is 8.97. The predicted molar refractivity (Wildman–Crippen MR) is 54.7 cm³/mol. The first-order valence-corrected chi connectivity index (χ1v) is 5.08. The van der Waals surface area contributed by atoms with Gasteiger partial charge in [-0.2, -0.15) is 0 Å². The van der Waals surface area contributed by atoms with E-state index in [-0.39, 0.29) is 5.60 Å². The van der Waals surface area contributed by atoms with Gasteiger partial charge in [0.1, 0.15) is 0 Å². The second kappa shape index (κ2) is 4.40. The largest absolute Gasteiger partial charge is 0.379 e. The number of hydrogen-bond acceptors (Lipinski definition) is 3. The van der Waals surface area contributed by atoms with Crippen molar-refractivity contribution in [2.75, 3.05) is 13.7 Å². The Morgan fingerprint density at radius 3 is 2.54 bits per heavy atom. The van der Waals surface area contributed by atoms with E-state index in [2.05, 4.69) is 19.2 Å². The summed E-state index contributed by atoms with van der Waals surface area (Å²) in [6.07, 6.45) is 3.60. The third-order valence-corrected chi connectivity index (χ3v) is 2.62. The first-order chi connectivity index (χ1) is 6.07. The molecule has 1 rings (SSSR count). The molecule has 3 N–H and O–H groups in total. The Balaban J connectivity index is 2.28. The summed E-state index contributed by atoms with van der Waals surface area (Å²) in [5.74, 6) is 0. The van der Waals surface area contributed by atoms with Crippen molar-refractivity contribution < 1.29 is 4.74 Å². The molecule has 0 bridgehead atoms. The van der Waals surface area contributed by atoms with Crippen LogP contribution in [0, 0.1) is 0 Å². The lowest BCUT2D eigenvalue weighted by Gasteiger charge is -2.28. The molecule has 0 heterocycles. The number of rotatable bonds is 6. The Morgan fingerprint density at radius 2 is 2.15 bits per heavy atom. The summed E-state index contributed by atoms with van der Waals surface area (Å²) in [6.45, 7) is 4.90. The number of nitrogens with two attached hydrogens (primary N) is 1. The van der Waals surface area contributed by atoms with Gasteiger partial charge >= 0.3 is 0 Å². The van der Waals surface area contributed by atoms with Gasteiger partial charge in [-0.05, 0) is 33.1 Å². The van der Waals surface area contributed by atoms with E-state index in [1.807, 2.05) is 0 Å². The molecule has 0 aliphatic heterocycles. The number of methoxy groups -OCH3 is 1. The minimum absolute atomic E-state index is 0.0636. The van der Waals surface area contributed by atoms with Crippen LogP contribution in [0.5, 0.6) is 0 Å². The molecule has 1 aliphatic carbocycles. The van der Waals surface area contributed by atoms with Crippen LogP contribution in [0.15, 0.2) is 0 Å². The molecule has 0 aromatic carbocycles. The third-order valence-electron chi connectivity index (χ3n) is 2.62. The van der Waals surface area contributed by atoms with Gasteiger partial charge in [0.15, 0.2) is 0 Å². The number of ether oxygens (including phenoxy) is 1. The molecule has 1 saturated carbocycles. The van der Waals surface area contributed by atoms with Crippen molar-refractivity contribution in [3.05, 3.63) is 0 Å². The highest BCUT2D eigenvalue weighted by Crippen LogP contribution is 2.22. The molecule has 1 unspecified atom stereocenters. The Bertz CT molecular complexity index is 155. The maximum absolute atomic E-state index is 5.69. The topological polar surface area (TPSA) is 47.3 Å². The summed E-state index contributed by atoms with van der Waals surface area (Å²) in [5.41, 5.74) is 5.63. The lowest BCUT2D eigenvalue weighted by atomic mass is 9.99. The van der Waals surface area contributed by atoms with Crippen molar-refractivity contribution in [3.8, 4) is 0 Å². The van der Waals surface area contributed by atoms with Crippen LogP contribution in [0.3, 0.4) is 0 Å². The van der Waals surface area contributed by atoms with Crippen molar-refractivity contribution in [1.29, 1.82) is 0 Å². The molecule has 1 atom stereocenters. The summed E-state index contributed by atoms with van der Waals surface area (Å²) in [6, 6.07) is 1.13. The van der Waals surface area contributed by atoms with Crippen molar-refractivity contribution in [1.82, 2.24) is 5.32 Å². The zero-order valence-corrected chi connectivity index (χ0v) is 8.97. The molecule has 13 heavy (non-hydrogen) atoms. The highest BCUT2D eigenvalue weighted by atomic mass is 16.5. The normalized spacial score (nSPS) is 20.3. The Kier molecular flexibility index (Phi) is 3.71. The molecular formula is C10H22N2O. The van der Waals surface area contributed by atoms with Crippen LogP contribution in [0.2, 0.25) is 0 Å². The second-order valence-electron chi connectivity index (χ2n) is 4.54. The quantitative estimate of drug-likeness (QED) is 0.647. The van der Waals surface area contributed by atoms with Crippen LogP contribution in [-0.2, 0) is 4.74 Å². The van der Waals surface area contributed by atoms with Gasteiger partial charge in [0.25, 0.3) is 0 Å². The lowest BCUT2D eigenvalue weighted by Crippen LogP contribution is -2.43. The van der Waals surface area contributed by atoms with E-state index in [1.165, 1.54) is 12.8 Å². The van der Waals surface area contributed by atoms with Gasteiger partial charge in [0, 0.05) is 25.7 Å². The Hall–Kier alpha value is -0.120. The number of hydrogen-bond donors (Lipinski definition) is 2. The van der Waals surface area contributed by atoms with E-state index in [0.717, 1.165) is 12.5 Å². The fourth-order valence-corrected chi connectivity index (χ4v) is 1.47. The molecule has 1 fully saturated rings. The van der Waals surface area contributed by atoms with Gasteiger partial charge < -0.3 is 15.8 Å². The fraction of sp³-hybridized carbons (Fsp3) is 1.00. The average molecular weight is 186 g/mol. The SMILES string of the molecule is COC(C)(C)CC(CN)NC1CC1.